The van der Waals surface area contributed by atoms with Crippen LogP contribution in [0.25, 0.3) is 0 Å². The third-order valence-electron chi connectivity index (χ3n) is 3.19. The molecule has 1 rings (SSSR count). The molecule has 1 aromatic rings. The molecule has 0 amide bonds. The van der Waals surface area contributed by atoms with Gasteiger partial charge in [-0.3, -0.25) is 0 Å². The lowest BCUT2D eigenvalue weighted by Gasteiger charge is -2.09. The van der Waals surface area contributed by atoms with Crippen molar-refractivity contribution in [3.05, 3.63) is 18.0 Å². The Bertz CT molecular complexity index is 512. The average Bonchev–Trinajstić information content (AvgIpc) is 2.82. The van der Waals surface area contributed by atoms with Crippen molar-refractivity contribution in [3.63, 3.8) is 0 Å². The van der Waals surface area contributed by atoms with Crippen LogP contribution in [0.15, 0.2) is 17.2 Å². The zero-order chi connectivity index (χ0) is 15.2. The molecular formula is C13H25N3O2S2. The van der Waals surface area contributed by atoms with Crippen molar-refractivity contribution in [2.75, 3.05) is 12.8 Å². The molecule has 116 valence electrons. The molecule has 0 bridgehead atoms. The van der Waals surface area contributed by atoms with E-state index >= 15 is 0 Å². The van der Waals surface area contributed by atoms with Crippen LogP contribution in [0.5, 0.6) is 0 Å². The SMILES string of the molecule is CCCn1cc(S(=O)(=O)NCCC(C)SC)cc1CN. The van der Waals surface area contributed by atoms with Crippen molar-refractivity contribution in [3.8, 4) is 0 Å². The zero-order valence-corrected chi connectivity index (χ0v) is 14.1. The summed E-state index contributed by atoms with van der Waals surface area (Å²) >= 11 is 1.73. The van der Waals surface area contributed by atoms with Gasteiger partial charge in [0.15, 0.2) is 0 Å². The molecule has 0 saturated carbocycles. The zero-order valence-electron chi connectivity index (χ0n) is 12.4. The standard InChI is InChI=1S/C13H25N3O2S2/c1-4-7-16-10-13(8-12(16)9-14)20(17,18)15-6-5-11(2)19-3/h8,10-11,15H,4-7,9,14H2,1-3H3. The van der Waals surface area contributed by atoms with Gasteiger partial charge < -0.3 is 10.3 Å². The molecule has 1 heterocycles. The Morgan fingerprint density at radius 2 is 2.20 bits per heavy atom. The predicted octanol–water partition coefficient (Wildman–Crippen LogP) is 1.78. The summed E-state index contributed by atoms with van der Waals surface area (Å²) < 4.78 is 29.0. The van der Waals surface area contributed by atoms with E-state index in [-0.39, 0.29) is 0 Å². The molecule has 0 saturated heterocycles. The molecule has 1 atom stereocenters. The summed E-state index contributed by atoms with van der Waals surface area (Å²) in [6, 6.07) is 1.66. The molecule has 7 heteroatoms. The van der Waals surface area contributed by atoms with Crippen LogP contribution in [0.3, 0.4) is 0 Å². The Balaban J connectivity index is 2.76. The number of nitrogens with one attached hydrogen (secondary N) is 1. The Kier molecular flexibility index (Phi) is 7.08. The van der Waals surface area contributed by atoms with Crippen LogP contribution in [0.1, 0.15) is 32.4 Å². The fraction of sp³-hybridized carbons (Fsp3) is 0.692. The van der Waals surface area contributed by atoms with Crippen molar-refractivity contribution < 1.29 is 8.42 Å². The van der Waals surface area contributed by atoms with E-state index in [9.17, 15) is 8.42 Å². The maximum atomic E-state index is 12.2. The van der Waals surface area contributed by atoms with Crippen molar-refractivity contribution in [1.82, 2.24) is 9.29 Å². The second-order valence-electron chi connectivity index (χ2n) is 4.80. The number of hydrogen-bond donors (Lipinski definition) is 2. The quantitative estimate of drug-likeness (QED) is 0.727. The molecule has 0 radical (unpaired) electrons. The molecule has 3 N–H and O–H groups in total. The lowest BCUT2D eigenvalue weighted by molar-refractivity contribution is 0.578. The molecule has 0 aliphatic carbocycles. The van der Waals surface area contributed by atoms with Crippen LogP contribution in [0.4, 0.5) is 0 Å². The maximum absolute atomic E-state index is 12.2. The van der Waals surface area contributed by atoms with E-state index in [4.69, 9.17) is 5.73 Å². The smallest absolute Gasteiger partial charge is 0.242 e. The first-order valence-electron chi connectivity index (χ1n) is 6.86. The maximum Gasteiger partial charge on any atom is 0.242 e. The number of aromatic nitrogens is 1. The van der Waals surface area contributed by atoms with E-state index in [1.807, 2.05) is 10.8 Å². The van der Waals surface area contributed by atoms with Gasteiger partial charge in [0.2, 0.25) is 10.0 Å². The van der Waals surface area contributed by atoms with Crippen LogP contribution in [-0.2, 0) is 23.1 Å². The van der Waals surface area contributed by atoms with Gasteiger partial charge in [-0.15, -0.1) is 0 Å². The summed E-state index contributed by atoms with van der Waals surface area (Å²) in [7, 11) is -3.43. The van der Waals surface area contributed by atoms with E-state index in [1.165, 1.54) is 0 Å². The highest BCUT2D eigenvalue weighted by molar-refractivity contribution is 7.99. The largest absolute Gasteiger partial charge is 0.349 e. The first kappa shape index (κ1) is 17.6. The summed E-state index contributed by atoms with van der Waals surface area (Å²) in [6.07, 6.45) is 5.46. The number of hydrogen-bond acceptors (Lipinski definition) is 4. The second kappa shape index (κ2) is 8.07. The Morgan fingerprint density at radius 3 is 2.75 bits per heavy atom. The topological polar surface area (TPSA) is 77.1 Å². The van der Waals surface area contributed by atoms with Crippen LogP contribution in [-0.4, -0.2) is 31.0 Å². The highest BCUT2D eigenvalue weighted by Crippen LogP contribution is 2.15. The lowest BCUT2D eigenvalue weighted by Crippen LogP contribution is -2.26. The van der Waals surface area contributed by atoms with Gasteiger partial charge in [0, 0.05) is 36.8 Å². The van der Waals surface area contributed by atoms with Crippen LogP contribution in [0.2, 0.25) is 0 Å². The average molecular weight is 319 g/mol. The van der Waals surface area contributed by atoms with E-state index in [1.54, 1.807) is 24.0 Å². The van der Waals surface area contributed by atoms with Gasteiger partial charge in [0.1, 0.15) is 0 Å². The number of sulfonamides is 1. The van der Waals surface area contributed by atoms with Gasteiger partial charge in [-0.05, 0) is 25.2 Å². The van der Waals surface area contributed by atoms with Gasteiger partial charge in [0.05, 0.1) is 4.90 Å². The van der Waals surface area contributed by atoms with Crippen molar-refractivity contribution in [2.24, 2.45) is 5.73 Å². The summed E-state index contributed by atoms with van der Waals surface area (Å²) in [5, 5.41) is 0.446. The summed E-state index contributed by atoms with van der Waals surface area (Å²) in [5.41, 5.74) is 6.51. The van der Waals surface area contributed by atoms with Gasteiger partial charge in [-0.2, -0.15) is 11.8 Å². The third-order valence-corrected chi connectivity index (χ3v) is 5.66. The van der Waals surface area contributed by atoms with Gasteiger partial charge >= 0.3 is 0 Å². The molecule has 0 aliphatic heterocycles. The minimum Gasteiger partial charge on any atom is -0.349 e. The first-order valence-corrected chi connectivity index (χ1v) is 9.63. The van der Waals surface area contributed by atoms with Crippen molar-refractivity contribution >= 4 is 21.8 Å². The molecule has 0 aromatic carbocycles. The van der Waals surface area contributed by atoms with E-state index < -0.39 is 10.0 Å². The fourth-order valence-electron chi connectivity index (χ4n) is 1.89. The van der Waals surface area contributed by atoms with Crippen molar-refractivity contribution in [2.45, 2.75) is 49.9 Å². The molecule has 0 aliphatic rings. The minimum absolute atomic E-state index is 0.309. The summed E-state index contributed by atoms with van der Waals surface area (Å²) in [6.45, 7) is 5.73. The normalized spacial score (nSPS) is 13.6. The first-order chi connectivity index (χ1) is 9.44. The fourth-order valence-corrected chi connectivity index (χ4v) is 3.35. The number of rotatable bonds is 9. The summed E-state index contributed by atoms with van der Waals surface area (Å²) in [5.74, 6) is 0. The van der Waals surface area contributed by atoms with Gasteiger partial charge in [-0.1, -0.05) is 13.8 Å². The highest BCUT2D eigenvalue weighted by atomic mass is 32.2. The molecule has 0 spiro atoms. The van der Waals surface area contributed by atoms with Crippen LogP contribution >= 0.6 is 11.8 Å². The Morgan fingerprint density at radius 1 is 1.50 bits per heavy atom. The third kappa shape index (κ3) is 4.80. The lowest BCUT2D eigenvalue weighted by atomic mass is 10.3. The van der Waals surface area contributed by atoms with Crippen LogP contribution < -0.4 is 10.5 Å². The molecule has 5 nitrogen and oxygen atoms in total. The number of nitrogens with two attached hydrogens (primary N) is 1. The number of nitrogens with zero attached hydrogens (tertiary/aromatic N) is 1. The number of aryl methyl sites for hydroxylation is 1. The Hall–Kier alpha value is -0.500. The van der Waals surface area contributed by atoms with Crippen molar-refractivity contribution in [1.29, 1.82) is 0 Å². The van der Waals surface area contributed by atoms with E-state index in [0.717, 1.165) is 25.1 Å². The van der Waals surface area contributed by atoms with Gasteiger partial charge in [0.25, 0.3) is 0 Å². The highest BCUT2D eigenvalue weighted by Gasteiger charge is 2.17. The van der Waals surface area contributed by atoms with Gasteiger partial charge in [-0.25, -0.2) is 13.1 Å². The summed E-state index contributed by atoms with van der Waals surface area (Å²) in [4.78, 5) is 0.309. The number of thioether (sulfide) groups is 1. The van der Waals surface area contributed by atoms with Crippen LogP contribution in [0, 0.1) is 0 Å². The van der Waals surface area contributed by atoms with E-state index in [0.29, 0.717) is 23.2 Å². The molecule has 0 fully saturated rings. The Labute approximate surface area is 126 Å². The predicted molar refractivity (Wildman–Crippen MR) is 85.4 cm³/mol. The molecule has 1 unspecified atom stereocenters. The molecular weight excluding hydrogens is 294 g/mol. The van der Waals surface area contributed by atoms with E-state index in [2.05, 4.69) is 18.6 Å². The second-order valence-corrected chi connectivity index (χ2v) is 7.84. The molecule has 20 heavy (non-hydrogen) atoms. The molecule has 1 aromatic heterocycles. The minimum atomic E-state index is -3.43. The monoisotopic (exact) mass is 319 g/mol.